The predicted molar refractivity (Wildman–Crippen MR) is 82.7 cm³/mol. The zero-order valence-corrected chi connectivity index (χ0v) is 13.7. The van der Waals surface area contributed by atoms with E-state index in [9.17, 15) is 13.2 Å². The first-order valence-electron chi connectivity index (χ1n) is 6.09. The molecule has 1 rings (SSSR count). The summed E-state index contributed by atoms with van der Waals surface area (Å²) in [5.74, 6) is 4.86. The van der Waals surface area contributed by atoms with Crippen molar-refractivity contribution in [1.29, 1.82) is 0 Å². The quantitative estimate of drug-likeness (QED) is 0.670. The van der Waals surface area contributed by atoms with E-state index in [1.165, 1.54) is 11.3 Å². The lowest BCUT2D eigenvalue weighted by atomic mass is 10.1. The maximum Gasteiger partial charge on any atom is 0.262 e. The van der Waals surface area contributed by atoms with Crippen LogP contribution in [0.3, 0.4) is 0 Å². The van der Waals surface area contributed by atoms with Crippen molar-refractivity contribution in [3.8, 4) is 11.8 Å². The maximum absolute atomic E-state index is 12.1. The molecule has 0 saturated carbocycles. The van der Waals surface area contributed by atoms with Gasteiger partial charge in [0, 0.05) is 17.6 Å². The molecule has 1 aromatic rings. The molecule has 0 bridgehead atoms. The lowest BCUT2D eigenvalue weighted by molar-refractivity contribution is 0.0948. The minimum Gasteiger partial charge on any atom is -0.384 e. The van der Waals surface area contributed by atoms with Crippen molar-refractivity contribution in [1.82, 2.24) is 10.0 Å². The van der Waals surface area contributed by atoms with E-state index in [4.69, 9.17) is 5.11 Å². The highest BCUT2D eigenvalue weighted by Crippen LogP contribution is 2.16. The van der Waals surface area contributed by atoms with E-state index in [-0.39, 0.29) is 19.1 Å². The third-order valence-corrected chi connectivity index (χ3v) is 4.16. The Hall–Kier alpha value is -1.40. The summed E-state index contributed by atoms with van der Waals surface area (Å²) in [5.41, 5.74) is -0.252. The van der Waals surface area contributed by atoms with Crippen LogP contribution in [0.15, 0.2) is 11.4 Å². The van der Waals surface area contributed by atoms with Crippen molar-refractivity contribution >= 4 is 27.3 Å². The van der Waals surface area contributed by atoms with Crippen molar-refractivity contribution in [2.75, 3.05) is 19.4 Å². The van der Waals surface area contributed by atoms with Crippen LogP contribution in [0.1, 0.15) is 29.1 Å². The summed E-state index contributed by atoms with van der Waals surface area (Å²) in [7, 11) is -3.35. The first kappa shape index (κ1) is 17.7. The highest BCUT2D eigenvalue weighted by atomic mass is 32.2. The molecule has 8 heteroatoms. The fourth-order valence-electron chi connectivity index (χ4n) is 1.64. The molecule has 0 spiro atoms. The summed E-state index contributed by atoms with van der Waals surface area (Å²) < 4.78 is 24.9. The minimum absolute atomic E-state index is 0.143. The molecule has 6 nitrogen and oxygen atoms in total. The Kier molecular flexibility index (Phi) is 5.92. The zero-order chi connectivity index (χ0) is 16.1. The number of nitrogens with one attached hydrogen (secondary N) is 2. The van der Waals surface area contributed by atoms with Gasteiger partial charge in [-0.05, 0) is 25.3 Å². The molecule has 0 aliphatic heterocycles. The van der Waals surface area contributed by atoms with Crippen LogP contribution >= 0.6 is 11.3 Å². The van der Waals surface area contributed by atoms with Crippen LogP contribution in [-0.4, -0.2) is 44.4 Å². The Balaban J connectivity index is 2.72. The second-order valence-electron chi connectivity index (χ2n) is 5.06. The molecule has 0 radical (unpaired) electrons. The van der Waals surface area contributed by atoms with E-state index < -0.39 is 15.6 Å². The number of hydrogen-bond acceptors (Lipinski definition) is 5. The number of rotatable bonds is 5. The van der Waals surface area contributed by atoms with E-state index in [0.29, 0.717) is 10.4 Å². The summed E-state index contributed by atoms with van der Waals surface area (Å²) in [6, 6.07) is 1.70. The fraction of sp³-hybridized carbons (Fsp3) is 0.462. The monoisotopic (exact) mass is 330 g/mol. The summed E-state index contributed by atoms with van der Waals surface area (Å²) >= 11 is 1.24. The smallest absolute Gasteiger partial charge is 0.262 e. The van der Waals surface area contributed by atoms with Crippen LogP contribution in [0.2, 0.25) is 0 Å². The fourth-order valence-corrected chi connectivity index (χ4v) is 3.48. The SMILES string of the molecule is CC(C)(CNC(=O)c1sccc1C#CCO)NS(C)(=O)=O. The maximum atomic E-state index is 12.1. The molecule has 1 heterocycles. The van der Waals surface area contributed by atoms with Crippen molar-refractivity contribution in [3.63, 3.8) is 0 Å². The highest BCUT2D eigenvalue weighted by molar-refractivity contribution is 7.88. The van der Waals surface area contributed by atoms with Gasteiger partial charge in [0.2, 0.25) is 10.0 Å². The van der Waals surface area contributed by atoms with E-state index in [2.05, 4.69) is 21.9 Å². The largest absolute Gasteiger partial charge is 0.384 e. The third-order valence-electron chi connectivity index (χ3n) is 2.33. The van der Waals surface area contributed by atoms with Gasteiger partial charge in [-0.25, -0.2) is 13.1 Å². The molecule has 1 amide bonds. The topological polar surface area (TPSA) is 95.5 Å². The number of aliphatic hydroxyl groups excluding tert-OH is 1. The standard InChI is InChI=1S/C13H18N2O4S2/c1-13(2,15-21(3,18)19)9-14-12(17)11-10(5-4-7-16)6-8-20-11/h6,8,15-16H,7,9H2,1-3H3,(H,14,17). The Morgan fingerprint density at radius 2 is 2.14 bits per heavy atom. The van der Waals surface area contributed by atoms with Gasteiger partial charge >= 0.3 is 0 Å². The lowest BCUT2D eigenvalue weighted by Crippen LogP contribution is -2.50. The Morgan fingerprint density at radius 3 is 2.71 bits per heavy atom. The zero-order valence-electron chi connectivity index (χ0n) is 12.1. The summed E-state index contributed by atoms with van der Waals surface area (Å²) in [4.78, 5) is 12.5. The first-order valence-corrected chi connectivity index (χ1v) is 8.86. The van der Waals surface area contributed by atoms with Crippen LogP contribution in [-0.2, 0) is 10.0 Å². The second-order valence-corrected chi connectivity index (χ2v) is 7.73. The van der Waals surface area contributed by atoms with Gasteiger partial charge in [-0.15, -0.1) is 11.3 Å². The van der Waals surface area contributed by atoms with Crippen molar-refractivity contribution in [3.05, 3.63) is 21.9 Å². The van der Waals surface area contributed by atoms with Crippen LogP contribution in [0.25, 0.3) is 0 Å². The average Bonchev–Trinajstić information content (AvgIpc) is 2.79. The molecule has 0 aliphatic carbocycles. The van der Waals surface area contributed by atoms with E-state index in [1.807, 2.05) is 0 Å². The molecule has 0 saturated heterocycles. The van der Waals surface area contributed by atoms with Crippen molar-refractivity contribution in [2.45, 2.75) is 19.4 Å². The van der Waals surface area contributed by atoms with Crippen LogP contribution in [0, 0.1) is 11.8 Å². The summed E-state index contributed by atoms with van der Waals surface area (Å²) in [5, 5.41) is 13.1. The highest BCUT2D eigenvalue weighted by Gasteiger charge is 2.23. The Labute approximate surface area is 128 Å². The van der Waals surface area contributed by atoms with Gasteiger partial charge in [0.1, 0.15) is 11.5 Å². The number of carbonyl (C=O) groups is 1. The molecule has 0 aliphatic rings. The predicted octanol–water partition coefficient (Wildman–Crippen LogP) is 0.150. The van der Waals surface area contributed by atoms with Crippen molar-refractivity contribution in [2.24, 2.45) is 0 Å². The van der Waals surface area contributed by atoms with Gasteiger partial charge in [0.05, 0.1) is 6.26 Å². The van der Waals surface area contributed by atoms with Gasteiger partial charge in [-0.3, -0.25) is 4.79 Å². The number of hydrogen-bond donors (Lipinski definition) is 3. The van der Waals surface area contributed by atoms with Gasteiger partial charge in [-0.1, -0.05) is 11.8 Å². The molecule has 0 atom stereocenters. The number of carbonyl (C=O) groups excluding carboxylic acids is 1. The second kappa shape index (κ2) is 7.04. The third kappa shape index (κ3) is 6.27. The molecule has 21 heavy (non-hydrogen) atoms. The molecule has 0 fully saturated rings. The van der Waals surface area contributed by atoms with Gasteiger partial charge in [0.15, 0.2) is 0 Å². The number of sulfonamides is 1. The molecular formula is C13H18N2O4S2. The van der Waals surface area contributed by atoms with Crippen LogP contribution < -0.4 is 10.0 Å². The summed E-state index contributed by atoms with van der Waals surface area (Å²) in [6.45, 7) is 3.22. The molecule has 3 N–H and O–H groups in total. The number of amides is 1. The van der Waals surface area contributed by atoms with Crippen LogP contribution in [0.4, 0.5) is 0 Å². The molecular weight excluding hydrogens is 312 g/mol. The van der Waals surface area contributed by atoms with Crippen LogP contribution in [0.5, 0.6) is 0 Å². The summed E-state index contributed by atoms with van der Waals surface area (Å²) in [6.07, 6.45) is 1.07. The van der Waals surface area contributed by atoms with E-state index in [1.54, 1.807) is 25.3 Å². The lowest BCUT2D eigenvalue weighted by Gasteiger charge is -2.25. The molecule has 116 valence electrons. The normalized spacial score (nSPS) is 11.6. The van der Waals surface area contributed by atoms with E-state index >= 15 is 0 Å². The van der Waals surface area contributed by atoms with E-state index in [0.717, 1.165) is 6.26 Å². The number of thiophene rings is 1. The Morgan fingerprint density at radius 1 is 1.48 bits per heavy atom. The molecule has 0 unspecified atom stereocenters. The van der Waals surface area contributed by atoms with Crippen molar-refractivity contribution < 1.29 is 18.3 Å². The first-order chi connectivity index (χ1) is 9.64. The minimum atomic E-state index is -3.35. The average molecular weight is 330 g/mol. The number of aliphatic hydroxyl groups is 1. The molecule has 0 aromatic carbocycles. The van der Waals surface area contributed by atoms with Gasteiger partial charge in [-0.2, -0.15) is 0 Å². The van der Waals surface area contributed by atoms with Gasteiger partial charge < -0.3 is 10.4 Å². The molecule has 1 aromatic heterocycles. The Bertz CT molecular complexity index is 666. The van der Waals surface area contributed by atoms with Gasteiger partial charge in [0.25, 0.3) is 5.91 Å².